The molecule has 3 aromatic rings. The van der Waals surface area contributed by atoms with E-state index in [-0.39, 0.29) is 5.97 Å². The third kappa shape index (κ3) is 2.80. The van der Waals surface area contributed by atoms with Crippen molar-refractivity contribution in [1.29, 1.82) is 0 Å². The molecule has 0 spiro atoms. The van der Waals surface area contributed by atoms with Gasteiger partial charge in [0.1, 0.15) is 6.33 Å². The number of aromatic nitrogens is 4. The maximum atomic E-state index is 11.5. The van der Waals surface area contributed by atoms with Crippen LogP contribution >= 0.6 is 0 Å². The van der Waals surface area contributed by atoms with Crippen LogP contribution in [-0.2, 0) is 11.3 Å². The Morgan fingerprint density at radius 2 is 2.12 bits per heavy atom. The van der Waals surface area contributed by atoms with Crippen LogP contribution in [0.15, 0.2) is 36.7 Å². The molecule has 1 N–H and O–H groups in total. The SMILES string of the molecule is COC(=O)c1ccc(CNc2cc(C3CC3)nn3cnnc23)cc1. The van der Waals surface area contributed by atoms with E-state index in [0.29, 0.717) is 23.7 Å². The molecule has 0 radical (unpaired) electrons. The highest BCUT2D eigenvalue weighted by molar-refractivity contribution is 5.89. The summed E-state index contributed by atoms with van der Waals surface area (Å²) in [5.74, 6) is 0.222. The van der Waals surface area contributed by atoms with Crippen molar-refractivity contribution >= 4 is 17.3 Å². The lowest BCUT2D eigenvalue weighted by Gasteiger charge is -2.09. The van der Waals surface area contributed by atoms with Crippen molar-refractivity contribution in [2.24, 2.45) is 0 Å². The predicted octanol–water partition coefficient (Wildman–Crippen LogP) is 2.40. The van der Waals surface area contributed by atoms with Gasteiger partial charge in [0.2, 0.25) is 5.65 Å². The molecule has 1 aliphatic carbocycles. The van der Waals surface area contributed by atoms with Crippen LogP contribution in [0.25, 0.3) is 5.65 Å². The van der Waals surface area contributed by atoms with E-state index in [1.807, 2.05) is 12.1 Å². The topological polar surface area (TPSA) is 81.4 Å². The fourth-order valence-electron chi connectivity index (χ4n) is 2.63. The van der Waals surface area contributed by atoms with Crippen LogP contribution in [0.4, 0.5) is 5.69 Å². The summed E-state index contributed by atoms with van der Waals surface area (Å²) in [4.78, 5) is 11.5. The van der Waals surface area contributed by atoms with Gasteiger partial charge in [0.25, 0.3) is 0 Å². The van der Waals surface area contributed by atoms with Crippen molar-refractivity contribution in [3.8, 4) is 0 Å². The minimum Gasteiger partial charge on any atom is -0.465 e. The summed E-state index contributed by atoms with van der Waals surface area (Å²) in [6, 6.07) is 9.40. The van der Waals surface area contributed by atoms with E-state index in [1.165, 1.54) is 20.0 Å². The maximum absolute atomic E-state index is 11.5. The third-order valence-electron chi connectivity index (χ3n) is 4.14. The van der Waals surface area contributed by atoms with Gasteiger partial charge in [0, 0.05) is 12.5 Å². The van der Waals surface area contributed by atoms with Crippen molar-refractivity contribution in [2.75, 3.05) is 12.4 Å². The fourth-order valence-corrected chi connectivity index (χ4v) is 2.63. The molecule has 0 atom stereocenters. The van der Waals surface area contributed by atoms with E-state index >= 15 is 0 Å². The van der Waals surface area contributed by atoms with Crippen LogP contribution in [0.5, 0.6) is 0 Å². The molecule has 1 saturated carbocycles. The molecule has 1 aliphatic rings. The van der Waals surface area contributed by atoms with Crippen LogP contribution in [0.1, 0.15) is 40.4 Å². The highest BCUT2D eigenvalue weighted by atomic mass is 16.5. The van der Waals surface area contributed by atoms with E-state index in [4.69, 9.17) is 4.74 Å². The minimum atomic E-state index is -0.331. The maximum Gasteiger partial charge on any atom is 0.337 e. The van der Waals surface area contributed by atoms with Crippen molar-refractivity contribution in [3.63, 3.8) is 0 Å². The van der Waals surface area contributed by atoms with Gasteiger partial charge in [0.05, 0.1) is 24.1 Å². The lowest BCUT2D eigenvalue weighted by molar-refractivity contribution is 0.0600. The lowest BCUT2D eigenvalue weighted by Crippen LogP contribution is -2.06. The number of benzene rings is 1. The van der Waals surface area contributed by atoms with E-state index in [1.54, 1.807) is 23.0 Å². The number of carbonyl (C=O) groups excluding carboxylic acids is 1. The number of carbonyl (C=O) groups is 1. The van der Waals surface area contributed by atoms with Crippen LogP contribution in [0, 0.1) is 0 Å². The quantitative estimate of drug-likeness (QED) is 0.726. The first kappa shape index (κ1) is 14.6. The molecule has 0 bridgehead atoms. The predicted molar refractivity (Wildman–Crippen MR) is 87.9 cm³/mol. The van der Waals surface area contributed by atoms with Crippen LogP contribution in [-0.4, -0.2) is 32.9 Å². The fraction of sp³-hybridized carbons (Fsp3) is 0.294. The van der Waals surface area contributed by atoms with E-state index in [0.717, 1.165) is 16.9 Å². The molecule has 7 nitrogen and oxygen atoms in total. The molecule has 2 heterocycles. The average Bonchev–Trinajstić information content (AvgIpc) is 3.37. The summed E-state index contributed by atoms with van der Waals surface area (Å²) in [7, 11) is 1.38. The monoisotopic (exact) mass is 323 g/mol. The van der Waals surface area contributed by atoms with Crippen LogP contribution in [0.2, 0.25) is 0 Å². The van der Waals surface area contributed by atoms with Gasteiger partial charge in [-0.1, -0.05) is 12.1 Å². The first-order valence-electron chi connectivity index (χ1n) is 7.86. The van der Waals surface area contributed by atoms with Crippen molar-refractivity contribution in [2.45, 2.75) is 25.3 Å². The zero-order valence-corrected chi connectivity index (χ0v) is 13.3. The number of anilines is 1. The second-order valence-corrected chi connectivity index (χ2v) is 5.90. The number of nitrogens with one attached hydrogen (secondary N) is 1. The summed E-state index contributed by atoms with van der Waals surface area (Å²) in [6.07, 6.45) is 4.00. The Balaban J connectivity index is 1.54. The zero-order valence-electron chi connectivity index (χ0n) is 13.3. The third-order valence-corrected chi connectivity index (χ3v) is 4.14. The van der Waals surface area contributed by atoms with Gasteiger partial charge >= 0.3 is 5.97 Å². The van der Waals surface area contributed by atoms with Gasteiger partial charge in [-0.15, -0.1) is 10.2 Å². The van der Waals surface area contributed by atoms with Gasteiger partial charge < -0.3 is 10.1 Å². The zero-order chi connectivity index (χ0) is 16.5. The Labute approximate surface area is 138 Å². The summed E-state index contributed by atoms with van der Waals surface area (Å²) in [5, 5.41) is 16.0. The molecule has 1 aromatic carbocycles. The van der Waals surface area contributed by atoms with Crippen molar-refractivity contribution < 1.29 is 9.53 Å². The molecule has 1 fully saturated rings. The molecule has 2 aromatic heterocycles. The Hall–Kier alpha value is -2.96. The van der Waals surface area contributed by atoms with Crippen molar-refractivity contribution in [3.05, 3.63) is 53.5 Å². The van der Waals surface area contributed by atoms with E-state index in [9.17, 15) is 4.79 Å². The summed E-state index contributed by atoms with van der Waals surface area (Å²) < 4.78 is 6.43. The molecule has 7 heteroatoms. The van der Waals surface area contributed by atoms with Crippen LogP contribution in [0.3, 0.4) is 0 Å². The van der Waals surface area contributed by atoms with Gasteiger partial charge in [-0.2, -0.15) is 9.61 Å². The van der Waals surface area contributed by atoms with Crippen molar-refractivity contribution in [1.82, 2.24) is 19.8 Å². The molecular formula is C17H17N5O2. The standard InChI is InChI=1S/C17H17N5O2/c1-24-17(23)13-4-2-11(3-5-13)9-18-15-8-14(12-6-7-12)21-22-10-19-20-16(15)22/h2-5,8,10,12,18H,6-7,9H2,1H3. The number of rotatable bonds is 5. The van der Waals surface area contributed by atoms with E-state index in [2.05, 4.69) is 26.7 Å². The Bertz CT molecular complexity index is 884. The molecule has 4 rings (SSSR count). The molecule has 0 unspecified atom stereocenters. The summed E-state index contributed by atoms with van der Waals surface area (Å²) in [5.41, 5.74) is 4.31. The number of fused-ring (bicyclic) bond motifs is 1. The highest BCUT2D eigenvalue weighted by Gasteiger charge is 2.26. The molecule has 24 heavy (non-hydrogen) atoms. The molecular weight excluding hydrogens is 306 g/mol. The number of esters is 1. The first-order valence-corrected chi connectivity index (χ1v) is 7.86. The minimum absolute atomic E-state index is 0.331. The Morgan fingerprint density at radius 3 is 2.83 bits per heavy atom. The van der Waals surface area contributed by atoms with Gasteiger partial charge in [-0.25, -0.2) is 4.79 Å². The Kier molecular flexibility index (Phi) is 3.60. The highest BCUT2D eigenvalue weighted by Crippen LogP contribution is 2.39. The van der Waals surface area contributed by atoms with E-state index < -0.39 is 0 Å². The average molecular weight is 323 g/mol. The largest absolute Gasteiger partial charge is 0.465 e. The van der Waals surface area contributed by atoms with Gasteiger partial charge in [-0.3, -0.25) is 0 Å². The first-order chi connectivity index (χ1) is 11.7. The molecule has 122 valence electrons. The molecule has 0 aliphatic heterocycles. The lowest BCUT2D eigenvalue weighted by atomic mass is 10.1. The van der Waals surface area contributed by atoms with Gasteiger partial charge in [0.15, 0.2) is 0 Å². The smallest absolute Gasteiger partial charge is 0.337 e. The molecule has 0 saturated heterocycles. The second kappa shape index (κ2) is 5.92. The van der Waals surface area contributed by atoms with Gasteiger partial charge in [-0.05, 0) is 36.6 Å². The number of hydrogen-bond donors (Lipinski definition) is 1. The summed E-state index contributed by atoms with van der Waals surface area (Å²) in [6.45, 7) is 0.623. The molecule has 0 amide bonds. The second-order valence-electron chi connectivity index (χ2n) is 5.90. The number of methoxy groups -OCH3 is 1. The van der Waals surface area contributed by atoms with Crippen LogP contribution < -0.4 is 5.32 Å². The normalized spacial score (nSPS) is 13.9. The number of hydrogen-bond acceptors (Lipinski definition) is 6. The summed E-state index contributed by atoms with van der Waals surface area (Å²) >= 11 is 0. The number of nitrogens with zero attached hydrogens (tertiary/aromatic N) is 4. The number of ether oxygens (including phenoxy) is 1. The Morgan fingerprint density at radius 1 is 1.33 bits per heavy atom.